The molecule has 0 aromatic heterocycles. The molecule has 0 radical (unpaired) electrons. The van der Waals surface area contributed by atoms with Gasteiger partial charge in [0.15, 0.2) is 0 Å². The van der Waals surface area contributed by atoms with Crippen molar-refractivity contribution in [3.63, 3.8) is 0 Å². The predicted octanol–water partition coefficient (Wildman–Crippen LogP) is 2.13. The first-order chi connectivity index (χ1) is 6.41. The lowest BCUT2D eigenvalue weighted by molar-refractivity contribution is 0.0393. The van der Waals surface area contributed by atoms with Gasteiger partial charge in [0.05, 0.1) is 6.10 Å². The van der Waals surface area contributed by atoms with Crippen molar-refractivity contribution in [1.82, 2.24) is 4.90 Å². The molecule has 1 saturated heterocycles. The molecule has 1 unspecified atom stereocenters. The summed E-state index contributed by atoms with van der Waals surface area (Å²) in [5, 5.41) is 9.81. The van der Waals surface area contributed by atoms with Crippen LogP contribution >= 0.6 is 0 Å². The fraction of sp³-hybridized carbons (Fsp3) is 1.00. The summed E-state index contributed by atoms with van der Waals surface area (Å²) in [6.07, 6.45) is 2.43. The van der Waals surface area contributed by atoms with E-state index >= 15 is 0 Å². The average Bonchev–Trinajstić information content (AvgIpc) is 2.01. The Kier molecular flexibility index (Phi) is 3.96. The van der Waals surface area contributed by atoms with Crippen molar-refractivity contribution >= 4 is 0 Å². The van der Waals surface area contributed by atoms with Gasteiger partial charge in [0.1, 0.15) is 0 Å². The molecule has 1 rings (SSSR count). The maximum Gasteiger partial charge on any atom is 0.0689 e. The summed E-state index contributed by atoms with van der Waals surface area (Å²) < 4.78 is 0. The van der Waals surface area contributed by atoms with Crippen LogP contribution in [0.3, 0.4) is 0 Å². The number of rotatable bonds is 3. The highest BCUT2D eigenvalue weighted by atomic mass is 16.3. The normalized spacial score (nSPS) is 25.3. The maximum atomic E-state index is 9.81. The number of piperidine rings is 1. The maximum absolute atomic E-state index is 9.81. The van der Waals surface area contributed by atoms with E-state index in [2.05, 4.69) is 32.6 Å². The van der Waals surface area contributed by atoms with E-state index in [1.54, 1.807) is 0 Å². The first-order valence-electron chi connectivity index (χ1n) is 5.81. The second kappa shape index (κ2) is 4.63. The van der Waals surface area contributed by atoms with Crippen LogP contribution in [0.1, 0.15) is 40.5 Å². The van der Waals surface area contributed by atoms with Gasteiger partial charge in [-0.2, -0.15) is 0 Å². The fourth-order valence-corrected chi connectivity index (χ4v) is 2.18. The van der Waals surface area contributed by atoms with E-state index in [0.29, 0.717) is 11.3 Å². The number of aliphatic hydroxyl groups excluding tert-OH is 1. The number of aliphatic hydroxyl groups is 1. The molecule has 0 aliphatic carbocycles. The molecule has 2 heteroatoms. The Morgan fingerprint density at radius 3 is 2.50 bits per heavy atom. The first-order valence-corrected chi connectivity index (χ1v) is 5.81. The van der Waals surface area contributed by atoms with Gasteiger partial charge < -0.3 is 10.0 Å². The zero-order chi connectivity index (χ0) is 10.8. The van der Waals surface area contributed by atoms with Crippen LogP contribution in [-0.2, 0) is 0 Å². The lowest BCUT2D eigenvalue weighted by atomic mass is 9.84. The molecule has 1 N–H and O–H groups in total. The third-order valence-corrected chi connectivity index (χ3v) is 3.19. The molecule has 14 heavy (non-hydrogen) atoms. The van der Waals surface area contributed by atoms with Crippen LogP contribution in [0.2, 0.25) is 0 Å². The Morgan fingerprint density at radius 2 is 2.00 bits per heavy atom. The van der Waals surface area contributed by atoms with Crippen molar-refractivity contribution in [3.05, 3.63) is 0 Å². The molecule has 1 atom stereocenters. The summed E-state index contributed by atoms with van der Waals surface area (Å²) in [7, 11) is 0. The number of nitrogens with zero attached hydrogens (tertiary/aromatic N) is 1. The summed E-state index contributed by atoms with van der Waals surface area (Å²) >= 11 is 0. The second-order valence-electron chi connectivity index (χ2n) is 5.81. The van der Waals surface area contributed by atoms with E-state index in [1.807, 2.05) is 0 Å². The van der Waals surface area contributed by atoms with Crippen LogP contribution in [0.15, 0.2) is 0 Å². The summed E-state index contributed by atoms with van der Waals surface area (Å²) in [5.41, 5.74) is 0.439. The van der Waals surface area contributed by atoms with Gasteiger partial charge in [-0.05, 0) is 30.7 Å². The highest BCUT2D eigenvalue weighted by molar-refractivity contribution is 4.81. The number of hydrogen-bond acceptors (Lipinski definition) is 2. The molecule has 1 aliphatic rings. The van der Waals surface area contributed by atoms with Crippen molar-refractivity contribution in [1.29, 1.82) is 0 Å². The Morgan fingerprint density at radius 1 is 1.36 bits per heavy atom. The number of hydrogen-bond donors (Lipinski definition) is 1. The van der Waals surface area contributed by atoms with Crippen molar-refractivity contribution in [2.24, 2.45) is 11.3 Å². The molecule has 1 fully saturated rings. The standard InChI is InChI=1S/C12H25NO/c1-10(2)11(14)8-13-7-5-6-12(3,4)9-13/h10-11,14H,5-9H2,1-4H3. The minimum Gasteiger partial charge on any atom is -0.392 e. The molecule has 0 aromatic rings. The molecule has 0 saturated carbocycles. The zero-order valence-electron chi connectivity index (χ0n) is 10.1. The van der Waals surface area contributed by atoms with E-state index in [-0.39, 0.29) is 6.10 Å². The number of β-amino-alcohol motifs (C(OH)–C–C–N with tert-alkyl or cyclic N) is 1. The fourth-order valence-electron chi connectivity index (χ4n) is 2.18. The molecular formula is C12H25NO. The molecule has 84 valence electrons. The molecular weight excluding hydrogens is 174 g/mol. The summed E-state index contributed by atoms with van der Waals surface area (Å²) in [6, 6.07) is 0. The Hall–Kier alpha value is -0.0800. The predicted molar refractivity (Wildman–Crippen MR) is 60.3 cm³/mol. The molecule has 0 aromatic carbocycles. The molecule has 1 aliphatic heterocycles. The summed E-state index contributed by atoms with van der Waals surface area (Å²) in [5.74, 6) is 0.375. The van der Waals surface area contributed by atoms with Crippen molar-refractivity contribution in [2.75, 3.05) is 19.6 Å². The van der Waals surface area contributed by atoms with Gasteiger partial charge in [-0.15, -0.1) is 0 Å². The first kappa shape index (κ1) is 12.0. The van der Waals surface area contributed by atoms with E-state index < -0.39 is 0 Å². The van der Waals surface area contributed by atoms with Crippen LogP contribution in [0.25, 0.3) is 0 Å². The zero-order valence-corrected chi connectivity index (χ0v) is 10.1. The highest BCUT2D eigenvalue weighted by Gasteiger charge is 2.27. The molecule has 2 nitrogen and oxygen atoms in total. The average molecular weight is 199 g/mol. The Balaban J connectivity index is 2.38. The third kappa shape index (κ3) is 3.58. The van der Waals surface area contributed by atoms with Crippen LogP contribution in [0.5, 0.6) is 0 Å². The van der Waals surface area contributed by atoms with Crippen LogP contribution in [0, 0.1) is 11.3 Å². The lowest BCUT2D eigenvalue weighted by Gasteiger charge is -2.39. The largest absolute Gasteiger partial charge is 0.392 e. The van der Waals surface area contributed by atoms with E-state index in [0.717, 1.165) is 19.6 Å². The summed E-state index contributed by atoms with van der Waals surface area (Å²) in [6.45, 7) is 12.0. The topological polar surface area (TPSA) is 23.5 Å². The Bertz CT molecular complexity index is 177. The third-order valence-electron chi connectivity index (χ3n) is 3.19. The molecule has 0 amide bonds. The van der Waals surface area contributed by atoms with Gasteiger partial charge in [0.2, 0.25) is 0 Å². The van der Waals surface area contributed by atoms with Crippen molar-refractivity contribution in [3.8, 4) is 0 Å². The van der Waals surface area contributed by atoms with Crippen molar-refractivity contribution in [2.45, 2.75) is 46.6 Å². The monoisotopic (exact) mass is 199 g/mol. The SMILES string of the molecule is CC(C)C(O)CN1CCCC(C)(C)C1. The second-order valence-corrected chi connectivity index (χ2v) is 5.81. The quantitative estimate of drug-likeness (QED) is 0.752. The molecule has 1 heterocycles. The van der Waals surface area contributed by atoms with Gasteiger partial charge in [0, 0.05) is 13.1 Å². The number of likely N-dealkylation sites (tertiary alicyclic amines) is 1. The van der Waals surface area contributed by atoms with Gasteiger partial charge in [-0.1, -0.05) is 27.7 Å². The molecule has 0 bridgehead atoms. The van der Waals surface area contributed by atoms with Gasteiger partial charge >= 0.3 is 0 Å². The lowest BCUT2D eigenvalue weighted by Crippen LogP contribution is -2.44. The van der Waals surface area contributed by atoms with E-state index in [4.69, 9.17) is 0 Å². The smallest absolute Gasteiger partial charge is 0.0689 e. The minimum absolute atomic E-state index is 0.163. The van der Waals surface area contributed by atoms with E-state index in [9.17, 15) is 5.11 Å². The van der Waals surface area contributed by atoms with Crippen molar-refractivity contribution < 1.29 is 5.11 Å². The van der Waals surface area contributed by atoms with Crippen LogP contribution < -0.4 is 0 Å². The van der Waals surface area contributed by atoms with E-state index in [1.165, 1.54) is 12.8 Å². The van der Waals surface area contributed by atoms with Crippen LogP contribution in [-0.4, -0.2) is 35.7 Å². The summed E-state index contributed by atoms with van der Waals surface area (Å²) in [4.78, 5) is 2.41. The van der Waals surface area contributed by atoms with Crippen LogP contribution in [0.4, 0.5) is 0 Å². The van der Waals surface area contributed by atoms with Gasteiger partial charge in [-0.3, -0.25) is 0 Å². The molecule has 0 spiro atoms. The Labute approximate surface area is 88.3 Å². The minimum atomic E-state index is -0.163. The van der Waals surface area contributed by atoms with Gasteiger partial charge in [-0.25, -0.2) is 0 Å². The highest BCUT2D eigenvalue weighted by Crippen LogP contribution is 2.28. The van der Waals surface area contributed by atoms with Gasteiger partial charge in [0.25, 0.3) is 0 Å².